The van der Waals surface area contributed by atoms with Crippen LogP contribution in [0.4, 0.5) is 0 Å². The number of rotatable bonds is 33. The zero-order valence-corrected chi connectivity index (χ0v) is 26.9. The Morgan fingerprint density at radius 1 is 0.447 bits per heavy atom. The van der Waals surface area contributed by atoms with Crippen LogP contribution < -0.4 is 0 Å². The summed E-state index contributed by atoms with van der Waals surface area (Å²) in [6, 6.07) is 0. The fourth-order valence-electron chi connectivity index (χ4n) is 4.94. The second-order valence-electron chi connectivity index (χ2n) is 11.3. The van der Waals surface area contributed by atoms with Crippen LogP contribution in [-0.4, -0.2) is 37.3 Å². The zero-order valence-electron chi connectivity index (χ0n) is 26.1. The lowest BCUT2D eigenvalue weighted by Crippen LogP contribution is -2.11. The molecule has 0 spiro atoms. The summed E-state index contributed by atoms with van der Waals surface area (Å²) in [5.41, 5.74) is 0. The third kappa shape index (κ3) is 33.8. The number of carbonyl (C=O) groups excluding carboxylic acids is 1. The van der Waals surface area contributed by atoms with Crippen molar-refractivity contribution in [3.05, 3.63) is 0 Å². The maximum Gasteiger partial charge on any atom is 0.305 e. The minimum atomic E-state index is -0.0568. The van der Waals surface area contributed by atoms with Gasteiger partial charge in [0.2, 0.25) is 0 Å². The van der Waals surface area contributed by atoms with Gasteiger partial charge in [-0.25, -0.2) is 0 Å². The minimum absolute atomic E-state index is 0.0568. The van der Waals surface area contributed by atoms with E-state index in [0.29, 0.717) is 19.6 Å². The van der Waals surface area contributed by atoms with Gasteiger partial charge < -0.3 is 9.47 Å². The second kappa shape index (κ2) is 34.8. The summed E-state index contributed by atoms with van der Waals surface area (Å²) in [5, 5.41) is 0. The smallest absolute Gasteiger partial charge is 0.305 e. The lowest BCUT2D eigenvalue weighted by molar-refractivity contribution is -0.145. The highest BCUT2D eigenvalue weighted by atomic mass is 32.2. The van der Waals surface area contributed by atoms with Crippen molar-refractivity contribution in [2.24, 2.45) is 0 Å². The van der Waals surface area contributed by atoms with E-state index in [1.165, 1.54) is 153 Å². The van der Waals surface area contributed by atoms with Crippen LogP contribution in [-0.2, 0) is 14.3 Å². The van der Waals surface area contributed by atoms with E-state index in [1.54, 1.807) is 0 Å². The lowest BCUT2D eigenvalue weighted by Gasteiger charge is -2.07. The predicted octanol–water partition coefficient (Wildman–Crippen LogP) is 11.5. The SMILES string of the molecule is CCCCCCCCCCCCCCCCCC(=O)OCCOCCSCCCCCCCCCCCC. The molecule has 0 rings (SSSR count). The molecule has 3 nitrogen and oxygen atoms in total. The van der Waals surface area contributed by atoms with Crippen LogP contribution in [0.5, 0.6) is 0 Å². The normalized spacial score (nSPS) is 11.3. The first kappa shape index (κ1) is 37.8. The van der Waals surface area contributed by atoms with Gasteiger partial charge in [-0.15, -0.1) is 0 Å². The van der Waals surface area contributed by atoms with Gasteiger partial charge in [-0.2, -0.15) is 11.8 Å². The Kier molecular flexibility index (Phi) is 34.6. The summed E-state index contributed by atoms with van der Waals surface area (Å²) in [5.74, 6) is 2.23. The highest BCUT2D eigenvalue weighted by Crippen LogP contribution is 2.14. The molecule has 0 aromatic heterocycles. The molecule has 0 unspecified atom stereocenters. The summed E-state index contributed by atoms with van der Waals surface area (Å²) in [7, 11) is 0. The van der Waals surface area contributed by atoms with Crippen LogP contribution in [0.25, 0.3) is 0 Å². The Balaban J connectivity index is 3.14. The standard InChI is InChI=1S/C34H68O3S/c1-3-5-7-9-11-13-15-16-17-18-19-20-22-24-26-28-34(35)37-30-29-36-31-33-38-32-27-25-23-21-14-12-10-8-6-4-2/h3-33H2,1-2H3. The molecule has 0 radical (unpaired) electrons. The molecule has 0 bridgehead atoms. The van der Waals surface area contributed by atoms with Gasteiger partial charge in [0.1, 0.15) is 6.61 Å². The van der Waals surface area contributed by atoms with Gasteiger partial charge in [0.15, 0.2) is 0 Å². The Morgan fingerprint density at radius 3 is 1.29 bits per heavy atom. The molecule has 0 aliphatic heterocycles. The van der Waals surface area contributed by atoms with Crippen molar-refractivity contribution in [3.63, 3.8) is 0 Å². The van der Waals surface area contributed by atoms with Gasteiger partial charge in [0.25, 0.3) is 0 Å². The molecule has 0 amide bonds. The average Bonchev–Trinajstić information content (AvgIpc) is 2.92. The first-order chi connectivity index (χ1) is 18.8. The van der Waals surface area contributed by atoms with E-state index >= 15 is 0 Å². The third-order valence-corrected chi connectivity index (χ3v) is 8.52. The lowest BCUT2D eigenvalue weighted by atomic mass is 10.0. The Hall–Kier alpha value is -0.220. The number of thioether (sulfide) groups is 1. The largest absolute Gasteiger partial charge is 0.463 e. The quantitative estimate of drug-likeness (QED) is 0.0595. The van der Waals surface area contributed by atoms with Crippen LogP contribution in [0.15, 0.2) is 0 Å². The van der Waals surface area contributed by atoms with E-state index < -0.39 is 0 Å². The minimum Gasteiger partial charge on any atom is -0.463 e. The van der Waals surface area contributed by atoms with Gasteiger partial charge in [0, 0.05) is 12.2 Å². The van der Waals surface area contributed by atoms with E-state index in [9.17, 15) is 4.79 Å². The number of ether oxygens (including phenoxy) is 2. The molecule has 228 valence electrons. The predicted molar refractivity (Wildman–Crippen MR) is 170 cm³/mol. The molecular formula is C34H68O3S. The molecule has 0 aliphatic carbocycles. The van der Waals surface area contributed by atoms with Gasteiger partial charge in [-0.3, -0.25) is 4.79 Å². The molecule has 0 N–H and O–H groups in total. The summed E-state index contributed by atoms with van der Waals surface area (Å²) in [6.45, 7) is 6.26. The fraction of sp³-hybridized carbons (Fsp3) is 0.971. The number of hydrogen-bond acceptors (Lipinski definition) is 4. The summed E-state index contributed by atoms with van der Waals surface area (Å²) >= 11 is 1.99. The van der Waals surface area contributed by atoms with Gasteiger partial charge >= 0.3 is 5.97 Å². The number of esters is 1. The van der Waals surface area contributed by atoms with E-state index in [2.05, 4.69) is 13.8 Å². The summed E-state index contributed by atoms with van der Waals surface area (Å²) in [4.78, 5) is 11.9. The van der Waals surface area contributed by atoms with Crippen LogP contribution >= 0.6 is 11.8 Å². The Morgan fingerprint density at radius 2 is 0.842 bits per heavy atom. The maximum absolute atomic E-state index is 11.9. The van der Waals surface area contributed by atoms with Gasteiger partial charge in [0.05, 0.1) is 13.2 Å². The zero-order chi connectivity index (χ0) is 27.6. The molecule has 0 heterocycles. The third-order valence-electron chi connectivity index (χ3n) is 7.49. The molecular weight excluding hydrogens is 488 g/mol. The van der Waals surface area contributed by atoms with Crippen LogP contribution in [0.3, 0.4) is 0 Å². The molecule has 0 fully saturated rings. The Bertz CT molecular complexity index is 443. The van der Waals surface area contributed by atoms with E-state index in [-0.39, 0.29) is 5.97 Å². The highest BCUT2D eigenvalue weighted by molar-refractivity contribution is 7.99. The Labute approximate surface area is 243 Å². The molecule has 0 aliphatic rings. The van der Waals surface area contributed by atoms with E-state index in [1.807, 2.05) is 11.8 Å². The van der Waals surface area contributed by atoms with Crippen molar-refractivity contribution in [2.45, 2.75) is 181 Å². The summed E-state index contributed by atoms with van der Waals surface area (Å²) < 4.78 is 10.9. The molecule has 4 heteroatoms. The molecule has 0 saturated heterocycles. The van der Waals surface area contributed by atoms with Crippen molar-refractivity contribution < 1.29 is 14.3 Å². The van der Waals surface area contributed by atoms with Crippen LogP contribution in [0.1, 0.15) is 181 Å². The first-order valence-corrected chi connectivity index (χ1v) is 18.3. The molecule has 0 aromatic rings. The van der Waals surface area contributed by atoms with Crippen molar-refractivity contribution in [1.82, 2.24) is 0 Å². The van der Waals surface area contributed by atoms with Crippen molar-refractivity contribution in [2.75, 3.05) is 31.3 Å². The van der Waals surface area contributed by atoms with Gasteiger partial charge in [-0.05, 0) is 18.6 Å². The molecule has 0 atom stereocenters. The van der Waals surface area contributed by atoms with Crippen molar-refractivity contribution in [3.8, 4) is 0 Å². The average molecular weight is 557 g/mol. The number of carbonyl (C=O) groups is 1. The number of unbranched alkanes of at least 4 members (excludes halogenated alkanes) is 23. The van der Waals surface area contributed by atoms with E-state index in [0.717, 1.165) is 25.2 Å². The van der Waals surface area contributed by atoms with Gasteiger partial charge in [-0.1, -0.05) is 162 Å². The monoisotopic (exact) mass is 556 g/mol. The van der Waals surface area contributed by atoms with Crippen LogP contribution in [0, 0.1) is 0 Å². The first-order valence-electron chi connectivity index (χ1n) is 17.1. The maximum atomic E-state index is 11.9. The fourth-order valence-corrected chi connectivity index (χ4v) is 5.79. The van der Waals surface area contributed by atoms with E-state index in [4.69, 9.17) is 9.47 Å². The second-order valence-corrected chi connectivity index (χ2v) is 12.6. The number of hydrogen-bond donors (Lipinski definition) is 0. The molecule has 0 saturated carbocycles. The molecule has 0 aromatic carbocycles. The molecule has 38 heavy (non-hydrogen) atoms. The summed E-state index contributed by atoms with van der Waals surface area (Å²) in [6.07, 6.45) is 34.7. The van der Waals surface area contributed by atoms with Crippen LogP contribution in [0.2, 0.25) is 0 Å². The van der Waals surface area contributed by atoms with Crippen molar-refractivity contribution in [1.29, 1.82) is 0 Å². The highest BCUT2D eigenvalue weighted by Gasteiger charge is 2.03. The van der Waals surface area contributed by atoms with Crippen molar-refractivity contribution >= 4 is 17.7 Å². The topological polar surface area (TPSA) is 35.5 Å².